The number of nitrogens with zero attached hydrogens (tertiary/aromatic N) is 1. The van der Waals surface area contributed by atoms with Gasteiger partial charge in [-0.3, -0.25) is 0 Å². The first kappa shape index (κ1) is 10.6. The predicted molar refractivity (Wildman–Crippen MR) is 54.9 cm³/mol. The van der Waals surface area contributed by atoms with Crippen molar-refractivity contribution in [1.29, 1.82) is 5.26 Å². The van der Waals surface area contributed by atoms with Gasteiger partial charge in [0.05, 0.1) is 18.7 Å². The van der Waals surface area contributed by atoms with Crippen LogP contribution in [0.25, 0.3) is 0 Å². The van der Waals surface area contributed by atoms with Gasteiger partial charge < -0.3 is 10.5 Å². The molecule has 2 N–H and O–H groups in total. The second kappa shape index (κ2) is 4.64. The standard InChI is InChI=1S/C11H14N2O/c1-3-11(13)10-5-4-9(14-2)6-8(10)7-12/h4-6,11H,3,13H2,1-2H3/t11-/m1/s1. The van der Waals surface area contributed by atoms with Crippen molar-refractivity contribution < 1.29 is 4.74 Å². The summed E-state index contributed by atoms with van der Waals surface area (Å²) in [4.78, 5) is 0. The van der Waals surface area contributed by atoms with E-state index in [1.165, 1.54) is 0 Å². The monoisotopic (exact) mass is 190 g/mol. The molecule has 0 amide bonds. The Morgan fingerprint density at radius 1 is 1.57 bits per heavy atom. The lowest BCUT2D eigenvalue weighted by atomic mass is 10.00. The molecule has 14 heavy (non-hydrogen) atoms. The lowest BCUT2D eigenvalue weighted by Crippen LogP contribution is -2.10. The molecule has 1 atom stereocenters. The van der Waals surface area contributed by atoms with Gasteiger partial charge in [-0.15, -0.1) is 0 Å². The molecule has 1 aromatic rings. The number of benzene rings is 1. The van der Waals surface area contributed by atoms with E-state index in [1.807, 2.05) is 19.1 Å². The summed E-state index contributed by atoms with van der Waals surface area (Å²) in [7, 11) is 1.58. The lowest BCUT2D eigenvalue weighted by molar-refractivity contribution is 0.414. The van der Waals surface area contributed by atoms with Crippen LogP contribution in [0.1, 0.15) is 30.5 Å². The zero-order valence-corrected chi connectivity index (χ0v) is 8.45. The van der Waals surface area contributed by atoms with E-state index in [-0.39, 0.29) is 6.04 Å². The van der Waals surface area contributed by atoms with E-state index in [4.69, 9.17) is 15.7 Å². The molecule has 0 fully saturated rings. The summed E-state index contributed by atoms with van der Waals surface area (Å²) >= 11 is 0. The first-order valence-corrected chi connectivity index (χ1v) is 4.56. The minimum absolute atomic E-state index is 0.0736. The van der Waals surface area contributed by atoms with E-state index < -0.39 is 0 Å². The van der Waals surface area contributed by atoms with Gasteiger partial charge in [0.1, 0.15) is 5.75 Å². The summed E-state index contributed by atoms with van der Waals surface area (Å²) in [5.41, 5.74) is 7.35. The predicted octanol–water partition coefficient (Wildman–Crippen LogP) is 1.98. The Morgan fingerprint density at radius 2 is 2.29 bits per heavy atom. The maximum Gasteiger partial charge on any atom is 0.120 e. The average Bonchev–Trinajstić information content (AvgIpc) is 2.27. The zero-order valence-electron chi connectivity index (χ0n) is 8.45. The first-order valence-electron chi connectivity index (χ1n) is 4.56. The van der Waals surface area contributed by atoms with Crippen LogP contribution in [0.3, 0.4) is 0 Å². The van der Waals surface area contributed by atoms with E-state index >= 15 is 0 Å². The molecule has 0 aliphatic rings. The van der Waals surface area contributed by atoms with Gasteiger partial charge >= 0.3 is 0 Å². The molecule has 0 saturated carbocycles. The van der Waals surface area contributed by atoms with Gasteiger partial charge in [-0.2, -0.15) is 5.26 Å². The Balaban J connectivity index is 3.13. The summed E-state index contributed by atoms with van der Waals surface area (Å²) in [5, 5.41) is 8.92. The molecule has 0 saturated heterocycles. The molecule has 0 bridgehead atoms. The van der Waals surface area contributed by atoms with E-state index in [0.29, 0.717) is 11.3 Å². The number of ether oxygens (including phenoxy) is 1. The highest BCUT2D eigenvalue weighted by Gasteiger charge is 2.09. The largest absolute Gasteiger partial charge is 0.497 e. The molecule has 3 nitrogen and oxygen atoms in total. The van der Waals surface area contributed by atoms with Crippen LogP contribution in [-0.4, -0.2) is 7.11 Å². The van der Waals surface area contributed by atoms with Crippen molar-refractivity contribution in [2.45, 2.75) is 19.4 Å². The van der Waals surface area contributed by atoms with Crippen LogP contribution in [0.2, 0.25) is 0 Å². The molecule has 1 rings (SSSR count). The van der Waals surface area contributed by atoms with Crippen molar-refractivity contribution >= 4 is 0 Å². The zero-order chi connectivity index (χ0) is 10.6. The Labute approximate surface area is 84.1 Å². The normalized spacial score (nSPS) is 11.9. The summed E-state index contributed by atoms with van der Waals surface area (Å²) < 4.78 is 5.03. The Bertz CT molecular complexity index is 355. The van der Waals surface area contributed by atoms with E-state index in [9.17, 15) is 0 Å². The highest BCUT2D eigenvalue weighted by atomic mass is 16.5. The van der Waals surface area contributed by atoms with Crippen molar-refractivity contribution in [2.24, 2.45) is 5.73 Å². The van der Waals surface area contributed by atoms with Gasteiger partial charge in [0.15, 0.2) is 0 Å². The van der Waals surface area contributed by atoms with Crippen LogP contribution in [0, 0.1) is 11.3 Å². The van der Waals surface area contributed by atoms with Crippen molar-refractivity contribution in [2.75, 3.05) is 7.11 Å². The lowest BCUT2D eigenvalue weighted by Gasteiger charge is -2.11. The molecule has 0 aliphatic heterocycles. The highest BCUT2D eigenvalue weighted by molar-refractivity contribution is 5.44. The first-order chi connectivity index (χ1) is 6.72. The van der Waals surface area contributed by atoms with Gasteiger partial charge in [0, 0.05) is 6.04 Å². The molecule has 0 aromatic heterocycles. The molecular formula is C11H14N2O. The van der Waals surface area contributed by atoms with Crippen LogP contribution >= 0.6 is 0 Å². The molecule has 0 radical (unpaired) electrons. The molecular weight excluding hydrogens is 176 g/mol. The number of nitrogens with two attached hydrogens (primary N) is 1. The second-order valence-corrected chi connectivity index (χ2v) is 3.08. The highest BCUT2D eigenvalue weighted by Crippen LogP contribution is 2.22. The third-order valence-electron chi connectivity index (χ3n) is 2.22. The minimum Gasteiger partial charge on any atom is -0.497 e. The number of hydrogen-bond donors (Lipinski definition) is 1. The third kappa shape index (κ3) is 2.04. The van der Waals surface area contributed by atoms with Crippen molar-refractivity contribution in [1.82, 2.24) is 0 Å². The number of methoxy groups -OCH3 is 1. The van der Waals surface area contributed by atoms with Crippen LogP contribution in [0.15, 0.2) is 18.2 Å². The van der Waals surface area contributed by atoms with Gasteiger partial charge in [0.2, 0.25) is 0 Å². The van der Waals surface area contributed by atoms with E-state index in [1.54, 1.807) is 13.2 Å². The van der Waals surface area contributed by atoms with Crippen molar-refractivity contribution in [3.8, 4) is 11.8 Å². The Kier molecular flexibility index (Phi) is 3.49. The number of nitriles is 1. The van der Waals surface area contributed by atoms with Crippen LogP contribution in [0.5, 0.6) is 5.75 Å². The molecule has 0 aliphatic carbocycles. The van der Waals surface area contributed by atoms with Crippen molar-refractivity contribution in [3.63, 3.8) is 0 Å². The van der Waals surface area contributed by atoms with Gasteiger partial charge in [-0.05, 0) is 24.1 Å². The molecule has 74 valence electrons. The average molecular weight is 190 g/mol. The molecule has 1 aromatic carbocycles. The number of rotatable bonds is 3. The van der Waals surface area contributed by atoms with Crippen LogP contribution in [0.4, 0.5) is 0 Å². The summed E-state index contributed by atoms with van der Waals surface area (Å²) in [6.45, 7) is 2.00. The topological polar surface area (TPSA) is 59.0 Å². The molecule has 0 unspecified atom stereocenters. The maximum absolute atomic E-state index is 8.92. The molecule has 0 spiro atoms. The van der Waals surface area contributed by atoms with Gasteiger partial charge in [-0.25, -0.2) is 0 Å². The number of hydrogen-bond acceptors (Lipinski definition) is 3. The quantitative estimate of drug-likeness (QED) is 0.792. The molecule has 3 heteroatoms. The third-order valence-corrected chi connectivity index (χ3v) is 2.22. The smallest absolute Gasteiger partial charge is 0.120 e. The van der Waals surface area contributed by atoms with Crippen LogP contribution < -0.4 is 10.5 Å². The summed E-state index contributed by atoms with van der Waals surface area (Å²) in [6.07, 6.45) is 0.820. The van der Waals surface area contributed by atoms with Crippen LogP contribution in [-0.2, 0) is 0 Å². The SMILES string of the molecule is CC[C@@H](N)c1ccc(OC)cc1C#N. The Hall–Kier alpha value is -1.53. The second-order valence-electron chi connectivity index (χ2n) is 3.08. The van der Waals surface area contributed by atoms with E-state index in [2.05, 4.69) is 6.07 Å². The van der Waals surface area contributed by atoms with E-state index in [0.717, 1.165) is 12.0 Å². The van der Waals surface area contributed by atoms with Crippen molar-refractivity contribution in [3.05, 3.63) is 29.3 Å². The maximum atomic E-state index is 8.92. The fraction of sp³-hybridized carbons (Fsp3) is 0.364. The van der Waals surface area contributed by atoms with Gasteiger partial charge in [0.25, 0.3) is 0 Å². The fourth-order valence-corrected chi connectivity index (χ4v) is 1.30. The molecule has 0 heterocycles. The Morgan fingerprint density at radius 3 is 2.79 bits per heavy atom. The summed E-state index contributed by atoms with van der Waals surface area (Å²) in [5.74, 6) is 0.689. The summed E-state index contributed by atoms with van der Waals surface area (Å²) in [6, 6.07) is 7.44. The van der Waals surface area contributed by atoms with Gasteiger partial charge in [-0.1, -0.05) is 13.0 Å². The minimum atomic E-state index is -0.0736. The fourth-order valence-electron chi connectivity index (χ4n) is 1.30.